The van der Waals surface area contributed by atoms with E-state index in [-0.39, 0.29) is 17.5 Å². The highest BCUT2D eigenvalue weighted by Gasteiger charge is 2.60. The van der Waals surface area contributed by atoms with E-state index in [1.807, 2.05) is 48.5 Å². The second-order valence-corrected chi connectivity index (χ2v) is 7.77. The minimum atomic E-state index is -0.518. The molecule has 0 bridgehead atoms. The van der Waals surface area contributed by atoms with Gasteiger partial charge in [-0.15, -0.1) is 0 Å². The third-order valence-electron chi connectivity index (χ3n) is 5.94. The number of non-ortho nitro benzene ring substituents is 1. The Hall–Kier alpha value is -4.20. The van der Waals surface area contributed by atoms with Crippen LogP contribution in [0.15, 0.2) is 77.9 Å². The first kappa shape index (κ1) is 22.0. The topological polar surface area (TPSA) is 103 Å². The molecule has 0 aliphatic heterocycles. The standard InChI is InChI=1S/C25H23N3O5/c1-32-21-7-3-5-18(13-21)25(19-6-4-8-22(14-19)33-2)15-23(25)24(29)27-26-16-17-9-11-20(12-10-17)28(30)31/h3-14,16,23H,15H2,1-2H3,(H,27,29)/b26-16-/t23-/m0/s1. The fourth-order valence-electron chi connectivity index (χ4n) is 4.12. The Bertz CT molecular complexity index is 1160. The zero-order valence-corrected chi connectivity index (χ0v) is 18.2. The maximum atomic E-state index is 13.0. The van der Waals surface area contributed by atoms with E-state index in [0.717, 1.165) is 22.6 Å². The summed E-state index contributed by atoms with van der Waals surface area (Å²) in [6.07, 6.45) is 2.08. The number of nitro groups is 1. The Balaban J connectivity index is 1.57. The molecule has 1 aliphatic rings. The number of nitrogens with zero attached hydrogens (tertiary/aromatic N) is 2. The molecule has 3 aromatic carbocycles. The molecule has 3 aromatic rings. The number of hydrogen-bond acceptors (Lipinski definition) is 6. The fourth-order valence-corrected chi connectivity index (χ4v) is 4.12. The van der Waals surface area contributed by atoms with Crippen molar-refractivity contribution in [3.05, 3.63) is 99.6 Å². The lowest BCUT2D eigenvalue weighted by molar-refractivity contribution is -0.384. The molecule has 0 saturated heterocycles. The van der Waals surface area contributed by atoms with Crippen LogP contribution in [0, 0.1) is 16.0 Å². The van der Waals surface area contributed by atoms with Crippen molar-refractivity contribution in [2.75, 3.05) is 14.2 Å². The van der Waals surface area contributed by atoms with Gasteiger partial charge in [-0.3, -0.25) is 14.9 Å². The van der Waals surface area contributed by atoms with E-state index in [2.05, 4.69) is 10.5 Å². The van der Waals surface area contributed by atoms with E-state index in [9.17, 15) is 14.9 Å². The van der Waals surface area contributed by atoms with Crippen LogP contribution in [0.25, 0.3) is 0 Å². The van der Waals surface area contributed by atoms with Crippen LogP contribution in [-0.2, 0) is 10.2 Å². The molecule has 1 amide bonds. The van der Waals surface area contributed by atoms with E-state index in [4.69, 9.17) is 9.47 Å². The Labute approximate surface area is 191 Å². The maximum absolute atomic E-state index is 13.0. The van der Waals surface area contributed by atoms with Crippen LogP contribution in [-0.4, -0.2) is 31.3 Å². The summed E-state index contributed by atoms with van der Waals surface area (Å²) in [4.78, 5) is 23.3. The van der Waals surface area contributed by atoms with Gasteiger partial charge in [-0.05, 0) is 59.5 Å². The largest absolute Gasteiger partial charge is 0.497 e. The minimum absolute atomic E-state index is 0.00414. The molecule has 0 radical (unpaired) electrons. The third-order valence-corrected chi connectivity index (χ3v) is 5.94. The van der Waals surface area contributed by atoms with Gasteiger partial charge in [0.05, 0.1) is 31.3 Å². The van der Waals surface area contributed by atoms with Gasteiger partial charge in [-0.25, -0.2) is 5.43 Å². The molecule has 0 spiro atoms. The SMILES string of the molecule is COc1cccc(C2(c3cccc(OC)c3)C[C@H]2C(=O)N/N=C\c2ccc([N+](=O)[O-])cc2)c1. The molecule has 168 valence electrons. The predicted molar refractivity (Wildman–Crippen MR) is 124 cm³/mol. The summed E-state index contributed by atoms with van der Waals surface area (Å²) < 4.78 is 10.8. The van der Waals surface area contributed by atoms with E-state index in [1.54, 1.807) is 26.4 Å². The molecule has 1 N–H and O–H groups in total. The summed E-state index contributed by atoms with van der Waals surface area (Å²) in [5, 5.41) is 14.8. The molecule has 1 aliphatic carbocycles. The summed E-state index contributed by atoms with van der Waals surface area (Å²) in [6.45, 7) is 0. The van der Waals surface area contributed by atoms with Gasteiger partial charge in [-0.1, -0.05) is 24.3 Å². The van der Waals surface area contributed by atoms with Crippen LogP contribution in [0.5, 0.6) is 11.5 Å². The second-order valence-electron chi connectivity index (χ2n) is 7.77. The number of ether oxygens (including phenoxy) is 2. The van der Waals surface area contributed by atoms with Crippen LogP contribution in [0.4, 0.5) is 5.69 Å². The molecule has 0 aromatic heterocycles. The number of benzene rings is 3. The molecule has 1 atom stereocenters. The number of methoxy groups -OCH3 is 2. The van der Waals surface area contributed by atoms with Crippen molar-refractivity contribution in [2.24, 2.45) is 11.0 Å². The van der Waals surface area contributed by atoms with Crippen LogP contribution in [0.3, 0.4) is 0 Å². The highest BCUT2D eigenvalue weighted by Crippen LogP contribution is 2.59. The highest BCUT2D eigenvalue weighted by atomic mass is 16.6. The number of nitrogens with one attached hydrogen (secondary N) is 1. The lowest BCUT2D eigenvalue weighted by Crippen LogP contribution is -2.25. The lowest BCUT2D eigenvalue weighted by Gasteiger charge is -2.20. The van der Waals surface area contributed by atoms with Crippen LogP contribution in [0.1, 0.15) is 23.1 Å². The highest BCUT2D eigenvalue weighted by molar-refractivity contribution is 5.88. The first-order chi connectivity index (χ1) is 16.0. The molecule has 8 nitrogen and oxygen atoms in total. The monoisotopic (exact) mass is 445 g/mol. The molecule has 33 heavy (non-hydrogen) atoms. The van der Waals surface area contributed by atoms with Gasteiger partial charge < -0.3 is 9.47 Å². The van der Waals surface area contributed by atoms with Crippen molar-refractivity contribution >= 4 is 17.8 Å². The van der Waals surface area contributed by atoms with Gasteiger partial charge >= 0.3 is 0 Å². The summed E-state index contributed by atoms with van der Waals surface area (Å²) in [7, 11) is 3.22. The molecule has 0 heterocycles. The van der Waals surface area contributed by atoms with Crippen molar-refractivity contribution in [3.63, 3.8) is 0 Å². The van der Waals surface area contributed by atoms with Crippen molar-refractivity contribution in [1.29, 1.82) is 0 Å². The van der Waals surface area contributed by atoms with E-state index >= 15 is 0 Å². The van der Waals surface area contributed by atoms with Gasteiger partial charge in [0.2, 0.25) is 5.91 Å². The van der Waals surface area contributed by atoms with Crippen LogP contribution in [0.2, 0.25) is 0 Å². The van der Waals surface area contributed by atoms with Crippen molar-refractivity contribution in [1.82, 2.24) is 5.43 Å². The number of rotatable bonds is 8. The lowest BCUT2D eigenvalue weighted by atomic mass is 9.85. The van der Waals surface area contributed by atoms with Gasteiger partial charge in [0.15, 0.2) is 0 Å². The van der Waals surface area contributed by atoms with Gasteiger partial charge in [0.1, 0.15) is 11.5 Å². The molecular weight excluding hydrogens is 422 g/mol. The van der Waals surface area contributed by atoms with Crippen LogP contribution >= 0.6 is 0 Å². The molecule has 1 fully saturated rings. The van der Waals surface area contributed by atoms with E-state index < -0.39 is 10.3 Å². The van der Waals surface area contributed by atoms with Gasteiger partial charge in [0.25, 0.3) is 5.69 Å². The summed E-state index contributed by atoms with van der Waals surface area (Å²) in [6, 6.07) is 21.4. The van der Waals surface area contributed by atoms with Crippen LogP contribution < -0.4 is 14.9 Å². The molecule has 4 rings (SSSR count). The minimum Gasteiger partial charge on any atom is -0.497 e. The molecular formula is C25H23N3O5. The quantitative estimate of drug-likeness (QED) is 0.320. The zero-order chi connectivity index (χ0) is 23.4. The second kappa shape index (κ2) is 9.12. The first-order valence-corrected chi connectivity index (χ1v) is 10.3. The smallest absolute Gasteiger partial charge is 0.269 e. The Morgan fingerprint density at radius 1 is 1.03 bits per heavy atom. The maximum Gasteiger partial charge on any atom is 0.269 e. The number of nitro benzene ring substituents is 1. The number of hydrogen-bond donors (Lipinski definition) is 1. The average molecular weight is 445 g/mol. The summed E-state index contributed by atoms with van der Waals surface area (Å²) in [5.41, 5.74) is 4.70. The van der Waals surface area contributed by atoms with Crippen molar-refractivity contribution < 1.29 is 19.2 Å². The van der Waals surface area contributed by atoms with E-state index in [1.165, 1.54) is 18.3 Å². The normalized spacial score (nSPS) is 16.2. The number of carbonyl (C=O) groups is 1. The zero-order valence-electron chi connectivity index (χ0n) is 18.2. The Kier molecular flexibility index (Phi) is 6.08. The number of hydrazone groups is 1. The Morgan fingerprint density at radius 3 is 2.12 bits per heavy atom. The van der Waals surface area contributed by atoms with Gasteiger partial charge in [0, 0.05) is 17.5 Å². The molecule has 8 heteroatoms. The molecule has 1 saturated carbocycles. The van der Waals surface area contributed by atoms with Crippen molar-refractivity contribution in [2.45, 2.75) is 11.8 Å². The number of amides is 1. The summed E-state index contributed by atoms with van der Waals surface area (Å²) >= 11 is 0. The molecule has 0 unspecified atom stereocenters. The summed E-state index contributed by atoms with van der Waals surface area (Å²) in [5.74, 6) is 0.901. The third kappa shape index (κ3) is 4.41. The van der Waals surface area contributed by atoms with Crippen molar-refractivity contribution in [3.8, 4) is 11.5 Å². The predicted octanol–water partition coefficient (Wildman–Crippen LogP) is 4.07. The van der Waals surface area contributed by atoms with E-state index in [0.29, 0.717) is 12.0 Å². The van der Waals surface area contributed by atoms with Gasteiger partial charge in [-0.2, -0.15) is 5.10 Å². The first-order valence-electron chi connectivity index (χ1n) is 10.3. The average Bonchev–Trinajstić information content (AvgIpc) is 3.62. The Morgan fingerprint density at radius 2 is 1.61 bits per heavy atom. The number of carbonyl (C=O) groups excluding carboxylic acids is 1. The fraction of sp³-hybridized carbons (Fsp3) is 0.200.